The van der Waals surface area contributed by atoms with Crippen LogP contribution >= 0.6 is 27.7 Å². The number of benzene rings is 1. The SMILES string of the molecule is Nc1cnc2ccc(Br)cc2c1Sc1cnccn1. The molecule has 0 fully saturated rings. The lowest BCUT2D eigenvalue weighted by Gasteiger charge is -2.08. The predicted molar refractivity (Wildman–Crippen MR) is 80.0 cm³/mol. The van der Waals surface area contributed by atoms with Gasteiger partial charge in [-0.15, -0.1) is 0 Å². The molecule has 0 unspecified atom stereocenters. The van der Waals surface area contributed by atoms with Gasteiger partial charge in [0.25, 0.3) is 0 Å². The lowest BCUT2D eigenvalue weighted by Crippen LogP contribution is -1.93. The summed E-state index contributed by atoms with van der Waals surface area (Å²) in [5, 5.41) is 1.81. The summed E-state index contributed by atoms with van der Waals surface area (Å²) in [6.45, 7) is 0. The predicted octanol–water partition coefficient (Wildman–Crippen LogP) is 3.52. The molecule has 0 spiro atoms. The van der Waals surface area contributed by atoms with Gasteiger partial charge in [0.05, 0.1) is 23.6 Å². The lowest BCUT2D eigenvalue weighted by molar-refractivity contribution is 1.06. The summed E-state index contributed by atoms with van der Waals surface area (Å²) in [7, 11) is 0. The van der Waals surface area contributed by atoms with Gasteiger partial charge in [-0.1, -0.05) is 27.7 Å². The summed E-state index contributed by atoms with van der Waals surface area (Å²) < 4.78 is 0.994. The van der Waals surface area contributed by atoms with Gasteiger partial charge in [0, 0.05) is 27.1 Å². The Balaban J connectivity index is 2.16. The van der Waals surface area contributed by atoms with E-state index in [4.69, 9.17) is 5.73 Å². The van der Waals surface area contributed by atoms with Crippen LogP contribution in [-0.4, -0.2) is 15.0 Å². The number of aromatic nitrogens is 3. The van der Waals surface area contributed by atoms with Crippen molar-refractivity contribution in [1.82, 2.24) is 15.0 Å². The quantitative estimate of drug-likeness (QED) is 0.777. The third-order valence-electron chi connectivity index (χ3n) is 2.55. The molecule has 2 aromatic heterocycles. The van der Waals surface area contributed by atoms with Crippen molar-refractivity contribution in [3.8, 4) is 0 Å². The number of nitrogens with two attached hydrogens (primary N) is 1. The van der Waals surface area contributed by atoms with Crippen molar-refractivity contribution in [2.75, 3.05) is 5.73 Å². The number of hydrogen-bond acceptors (Lipinski definition) is 5. The molecular weight excluding hydrogens is 324 g/mol. The first-order valence-electron chi connectivity index (χ1n) is 5.51. The van der Waals surface area contributed by atoms with E-state index in [0.717, 1.165) is 25.3 Å². The third kappa shape index (κ3) is 2.54. The Labute approximate surface area is 122 Å². The smallest absolute Gasteiger partial charge is 0.119 e. The molecule has 0 aliphatic rings. The minimum absolute atomic E-state index is 0.640. The molecule has 3 aromatic rings. The van der Waals surface area contributed by atoms with Crippen LogP contribution in [0, 0.1) is 0 Å². The van der Waals surface area contributed by atoms with Gasteiger partial charge >= 0.3 is 0 Å². The van der Waals surface area contributed by atoms with Crippen molar-refractivity contribution in [2.45, 2.75) is 9.92 Å². The van der Waals surface area contributed by atoms with Crippen LogP contribution in [0.4, 0.5) is 5.69 Å². The van der Waals surface area contributed by atoms with Gasteiger partial charge < -0.3 is 5.73 Å². The zero-order valence-corrected chi connectivity index (χ0v) is 12.1. The van der Waals surface area contributed by atoms with Crippen LogP contribution < -0.4 is 5.73 Å². The van der Waals surface area contributed by atoms with E-state index in [1.165, 1.54) is 11.8 Å². The van der Waals surface area contributed by atoms with E-state index in [0.29, 0.717) is 5.69 Å². The number of nitrogen functional groups attached to an aromatic ring is 1. The Morgan fingerprint density at radius 3 is 2.79 bits per heavy atom. The Morgan fingerprint density at radius 2 is 2.00 bits per heavy atom. The van der Waals surface area contributed by atoms with Crippen LogP contribution in [-0.2, 0) is 0 Å². The molecule has 0 saturated carbocycles. The van der Waals surface area contributed by atoms with Crippen molar-refractivity contribution in [2.24, 2.45) is 0 Å². The van der Waals surface area contributed by atoms with Crippen LogP contribution in [0.1, 0.15) is 0 Å². The van der Waals surface area contributed by atoms with Crippen molar-refractivity contribution in [3.05, 3.63) is 47.5 Å². The van der Waals surface area contributed by atoms with Crippen LogP contribution in [0.5, 0.6) is 0 Å². The topological polar surface area (TPSA) is 64.7 Å². The van der Waals surface area contributed by atoms with Crippen LogP contribution in [0.2, 0.25) is 0 Å². The first-order chi connectivity index (χ1) is 9.24. The molecule has 2 N–H and O–H groups in total. The maximum absolute atomic E-state index is 6.04. The maximum atomic E-state index is 6.04. The lowest BCUT2D eigenvalue weighted by atomic mass is 10.2. The Kier molecular flexibility index (Phi) is 3.35. The molecule has 3 rings (SSSR count). The number of pyridine rings is 1. The Hall–Kier alpha value is -1.66. The van der Waals surface area contributed by atoms with E-state index >= 15 is 0 Å². The van der Waals surface area contributed by atoms with Crippen molar-refractivity contribution in [1.29, 1.82) is 0 Å². The largest absolute Gasteiger partial charge is 0.397 e. The molecule has 6 heteroatoms. The summed E-state index contributed by atoms with van der Waals surface area (Å²) >= 11 is 4.96. The number of halogens is 1. The molecule has 4 nitrogen and oxygen atoms in total. The zero-order chi connectivity index (χ0) is 13.2. The highest BCUT2D eigenvalue weighted by molar-refractivity contribution is 9.10. The summed E-state index contributed by atoms with van der Waals surface area (Å²) in [5.74, 6) is 0. The third-order valence-corrected chi connectivity index (χ3v) is 4.13. The Morgan fingerprint density at radius 1 is 1.11 bits per heavy atom. The van der Waals surface area contributed by atoms with Gasteiger partial charge in [0.1, 0.15) is 5.03 Å². The Bertz CT molecular complexity index is 728. The standard InChI is InChI=1S/C13H9BrN4S/c14-8-1-2-11-9(5-8)13(10(15)6-18-11)19-12-7-16-3-4-17-12/h1-7H,15H2. The average Bonchev–Trinajstić information content (AvgIpc) is 2.43. The summed E-state index contributed by atoms with van der Waals surface area (Å²) in [5.41, 5.74) is 7.58. The fourth-order valence-corrected chi connectivity index (χ4v) is 2.95. The van der Waals surface area contributed by atoms with E-state index in [2.05, 4.69) is 30.9 Å². The molecule has 1 aromatic carbocycles. The van der Waals surface area contributed by atoms with E-state index in [1.807, 2.05) is 18.2 Å². The molecule has 0 bridgehead atoms. The van der Waals surface area contributed by atoms with E-state index in [-0.39, 0.29) is 0 Å². The number of anilines is 1. The number of hydrogen-bond donors (Lipinski definition) is 1. The molecular formula is C13H9BrN4S. The van der Waals surface area contributed by atoms with Gasteiger partial charge in [-0.3, -0.25) is 9.97 Å². The molecule has 0 amide bonds. The molecule has 0 saturated heterocycles. The van der Waals surface area contributed by atoms with Gasteiger partial charge in [-0.25, -0.2) is 4.98 Å². The summed E-state index contributed by atoms with van der Waals surface area (Å²) in [6.07, 6.45) is 6.70. The number of rotatable bonds is 2. The molecule has 94 valence electrons. The first-order valence-corrected chi connectivity index (χ1v) is 7.12. The van der Waals surface area contributed by atoms with E-state index in [1.54, 1.807) is 24.8 Å². The van der Waals surface area contributed by atoms with E-state index in [9.17, 15) is 0 Å². The minimum atomic E-state index is 0.640. The van der Waals surface area contributed by atoms with E-state index < -0.39 is 0 Å². The molecule has 0 radical (unpaired) electrons. The van der Waals surface area contributed by atoms with Crippen LogP contribution in [0.3, 0.4) is 0 Å². The number of nitrogens with zero attached hydrogens (tertiary/aromatic N) is 3. The zero-order valence-electron chi connectivity index (χ0n) is 9.75. The van der Waals surface area contributed by atoms with Gasteiger partial charge in [0.15, 0.2) is 0 Å². The molecule has 19 heavy (non-hydrogen) atoms. The fourth-order valence-electron chi connectivity index (χ4n) is 1.71. The summed E-state index contributed by atoms with van der Waals surface area (Å²) in [4.78, 5) is 13.6. The van der Waals surface area contributed by atoms with Crippen LogP contribution in [0.25, 0.3) is 10.9 Å². The normalized spacial score (nSPS) is 10.8. The maximum Gasteiger partial charge on any atom is 0.119 e. The van der Waals surface area contributed by atoms with Crippen molar-refractivity contribution in [3.63, 3.8) is 0 Å². The minimum Gasteiger partial charge on any atom is -0.397 e. The second-order valence-corrected chi connectivity index (χ2v) is 5.80. The monoisotopic (exact) mass is 332 g/mol. The summed E-state index contributed by atoms with van der Waals surface area (Å²) in [6, 6.07) is 5.93. The van der Waals surface area contributed by atoms with Gasteiger partial charge in [-0.2, -0.15) is 0 Å². The highest BCUT2D eigenvalue weighted by atomic mass is 79.9. The second kappa shape index (κ2) is 5.14. The van der Waals surface area contributed by atoms with Gasteiger partial charge in [0.2, 0.25) is 0 Å². The molecule has 0 aliphatic carbocycles. The fraction of sp³-hybridized carbons (Fsp3) is 0. The first kappa shape index (κ1) is 12.4. The second-order valence-electron chi connectivity index (χ2n) is 3.85. The van der Waals surface area contributed by atoms with Crippen molar-refractivity contribution >= 4 is 44.3 Å². The number of fused-ring (bicyclic) bond motifs is 1. The highest BCUT2D eigenvalue weighted by Gasteiger charge is 2.09. The highest BCUT2D eigenvalue weighted by Crippen LogP contribution is 2.36. The molecule has 0 aliphatic heterocycles. The average molecular weight is 333 g/mol. The molecule has 2 heterocycles. The van der Waals surface area contributed by atoms with Gasteiger partial charge in [-0.05, 0) is 18.2 Å². The van der Waals surface area contributed by atoms with Crippen LogP contribution in [0.15, 0.2) is 57.4 Å². The van der Waals surface area contributed by atoms with Crippen molar-refractivity contribution < 1.29 is 0 Å². The molecule has 0 atom stereocenters.